The molecular formula is C31H30N6. The highest BCUT2D eigenvalue weighted by Crippen LogP contribution is 2.32. The van der Waals surface area contributed by atoms with Gasteiger partial charge in [-0.15, -0.1) is 5.10 Å². The molecule has 0 unspecified atom stereocenters. The second kappa shape index (κ2) is 9.54. The topological polar surface area (TPSA) is 62.1 Å². The van der Waals surface area contributed by atoms with E-state index in [0.717, 1.165) is 46.6 Å². The number of anilines is 2. The lowest BCUT2D eigenvalue weighted by molar-refractivity contribution is 0.531. The summed E-state index contributed by atoms with van der Waals surface area (Å²) in [5.41, 5.74) is 8.24. The Balaban J connectivity index is 1.45. The number of nitrogens with zero attached hydrogens (tertiary/aromatic N) is 5. The zero-order chi connectivity index (χ0) is 25.4. The summed E-state index contributed by atoms with van der Waals surface area (Å²) < 4.78 is 2.46. The molecule has 2 heterocycles. The second-order valence-electron chi connectivity index (χ2n) is 9.93. The van der Waals surface area contributed by atoms with Gasteiger partial charge in [0.1, 0.15) is 5.52 Å². The molecule has 0 saturated heterocycles. The molecule has 6 heteroatoms. The third-order valence-corrected chi connectivity index (χ3v) is 6.92. The summed E-state index contributed by atoms with van der Waals surface area (Å²) >= 11 is 0. The van der Waals surface area contributed by atoms with Gasteiger partial charge in [-0.05, 0) is 73.4 Å². The van der Waals surface area contributed by atoms with Crippen molar-refractivity contribution in [3.63, 3.8) is 0 Å². The van der Waals surface area contributed by atoms with Gasteiger partial charge in [0.2, 0.25) is 0 Å². The lowest BCUT2D eigenvalue weighted by atomic mass is 10.1. The molecular weight excluding hydrogens is 456 g/mol. The molecule has 37 heavy (non-hydrogen) atoms. The van der Waals surface area contributed by atoms with Crippen LogP contribution < -0.4 is 5.01 Å². The fourth-order valence-corrected chi connectivity index (χ4v) is 4.91. The van der Waals surface area contributed by atoms with Crippen molar-refractivity contribution in [2.75, 3.05) is 5.01 Å². The summed E-state index contributed by atoms with van der Waals surface area (Å²) in [6.45, 7) is 7.65. The fourth-order valence-electron chi connectivity index (χ4n) is 4.91. The van der Waals surface area contributed by atoms with Crippen LogP contribution in [0.3, 0.4) is 0 Å². The number of benzene rings is 4. The van der Waals surface area contributed by atoms with E-state index >= 15 is 0 Å². The molecule has 0 amide bonds. The number of nitrogens with one attached hydrogen (secondary N) is 1. The first kappa shape index (κ1) is 23.0. The molecule has 0 spiro atoms. The molecule has 4 aromatic carbocycles. The Labute approximate surface area is 216 Å². The number of aromatic amines is 1. The van der Waals surface area contributed by atoms with Crippen LogP contribution in [0.1, 0.15) is 32.8 Å². The van der Waals surface area contributed by atoms with Crippen molar-refractivity contribution in [3.05, 3.63) is 96.6 Å². The van der Waals surface area contributed by atoms with Crippen molar-refractivity contribution in [2.45, 2.75) is 33.7 Å². The van der Waals surface area contributed by atoms with E-state index in [4.69, 9.17) is 5.10 Å². The summed E-state index contributed by atoms with van der Waals surface area (Å²) in [4.78, 5) is 0. The monoisotopic (exact) mass is 486 g/mol. The summed E-state index contributed by atoms with van der Waals surface area (Å²) in [6.07, 6.45) is 1.15. The SMILES string of the molecule is C/C(=N/N(c1ccccc1)c1ccc2nn[nH]c2c1)c1ccc2c(c1)c1ccccc1n2CCC(C)C. The lowest BCUT2D eigenvalue weighted by Gasteiger charge is -2.20. The fraction of sp³-hybridized carbons (Fsp3) is 0.194. The zero-order valence-electron chi connectivity index (χ0n) is 21.4. The van der Waals surface area contributed by atoms with E-state index in [9.17, 15) is 0 Å². The maximum Gasteiger partial charge on any atom is 0.113 e. The van der Waals surface area contributed by atoms with Crippen molar-refractivity contribution in [3.8, 4) is 0 Å². The Morgan fingerprint density at radius 3 is 2.49 bits per heavy atom. The molecule has 1 N–H and O–H groups in total. The van der Waals surface area contributed by atoms with Crippen LogP contribution in [0.5, 0.6) is 0 Å². The first-order chi connectivity index (χ1) is 18.1. The number of hydrogen-bond donors (Lipinski definition) is 1. The van der Waals surface area contributed by atoms with Crippen LogP contribution >= 0.6 is 0 Å². The summed E-state index contributed by atoms with van der Waals surface area (Å²) in [5.74, 6) is 0.658. The molecule has 0 aliphatic heterocycles. The summed E-state index contributed by atoms with van der Waals surface area (Å²) in [6, 6.07) is 31.7. The Morgan fingerprint density at radius 1 is 0.865 bits per heavy atom. The third-order valence-electron chi connectivity index (χ3n) is 6.92. The molecule has 0 saturated carbocycles. The zero-order valence-corrected chi connectivity index (χ0v) is 21.4. The molecule has 0 fully saturated rings. The van der Waals surface area contributed by atoms with Crippen LogP contribution in [0.25, 0.3) is 32.8 Å². The van der Waals surface area contributed by atoms with E-state index in [-0.39, 0.29) is 0 Å². The minimum Gasteiger partial charge on any atom is -0.340 e. The predicted molar refractivity (Wildman–Crippen MR) is 154 cm³/mol. The van der Waals surface area contributed by atoms with Gasteiger partial charge < -0.3 is 4.57 Å². The number of fused-ring (bicyclic) bond motifs is 4. The molecule has 0 atom stereocenters. The number of hydrazone groups is 1. The highest BCUT2D eigenvalue weighted by atomic mass is 15.5. The second-order valence-corrected chi connectivity index (χ2v) is 9.93. The van der Waals surface area contributed by atoms with Crippen molar-refractivity contribution in [1.29, 1.82) is 0 Å². The van der Waals surface area contributed by atoms with Crippen molar-refractivity contribution in [1.82, 2.24) is 20.0 Å². The average Bonchev–Trinajstić information content (AvgIpc) is 3.52. The van der Waals surface area contributed by atoms with Crippen molar-refractivity contribution < 1.29 is 0 Å². The number of aryl methyl sites for hydroxylation is 1. The van der Waals surface area contributed by atoms with E-state index in [1.807, 2.05) is 41.4 Å². The summed E-state index contributed by atoms with van der Waals surface area (Å²) in [5, 5.41) is 20.7. The molecule has 184 valence electrons. The third kappa shape index (κ3) is 4.35. The molecule has 6 aromatic rings. The maximum absolute atomic E-state index is 5.12. The predicted octanol–water partition coefficient (Wildman–Crippen LogP) is 7.67. The average molecular weight is 487 g/mol. The van der Waals surface area contributed by atoms with Gasteiger partial charge in [0.15, 0.2) is 0 Å². The number of rotatable bonds is 7. The van der Waals surface area contributed by atoms with Crippen LogP contribution in [-0.2, 0) is 6.54 Å². The minimum absolute atomic E-state index is 0.658. The minimum atomic E-state index is 0.658. The standard InChI is InChI=1S/C31H30N6/c1-21(2)17-18-36-30-12-8-7-11-26(30)27-19-23(13-16-31(27)36)22(3)34-37(24-9-5-4-6-10-24)25-14-15-28-29(20-25)33-35-32-28/h4-16,19-21H,17-18H2,1-3H3,(H,32,33,35)/b34-22-. The first-order valence-corrected chi connectivity index (χ1v) is 12.8. The van der Waals surface area contributed by atoms with Crippen LogP contribution in [0.4, 0.5) is 11.4 Å². The van der Waals surface area contributed by atoms with Gasteiger partial charge in [-0.1, -0.05) is 61.5 Å². The van der Waals surface area contributed by atoms with E-state index in [2.05, 4.69) is 95.3 Å². The van der Waals surface area contributed by atoms with Gasteiger partial charge in [-0.3, -0.25) is 5.10 Å². The quantitative estimate of drug-likeness (QED) is 0.186. The van der Waals surface area contributed by atoms with Crippen molar-refractivity contribution in [2.24, 2.45) is 11.0 Å². The van der Waals surface area contributed by atoms with E-state index in [0.29, 0.717) is 5.92 Å². The highest BCUT2D eigenvalue weighted by Gasteiger charge is 2.14. The molecule has 0 aliphatic rings. The molecule has 6 rings (SSSR count). The Kier molecular flexibility index (Phi) is 5.93. The van der Waals surface area contributed by atoms with E-state index < -0.39 is 0 Å². The van der Waals surface area contributed by atoms with Gasteiger partial charge in [0, 0.05) is 28.4 Å². The van der Waals surface area contributed by atoms with Crippen LogP contribution in [0, 0.1) is 5.92 Å². The maximum atomic E-state index is 5.12. The van der Waals surface area contributed by atoms with Gasteiger partial charge in [0.25, 0.3) is 0 Å². The first-order valence-electron chi connectivity index (χ1n) is 12.8. The molecule has 0 radical (unpaired) electrons. The number of aromatic nitrogens is 4. The van der Waals surface area contributed by atoms with Crippen LogP contribution in [0.2, 0.25) is 0 Å². The van der Waals surface area contributed by atoms with Gasteiger partial charge in [0.05, 0.1) is 22.6 Å². The van der Waals surface area contributed by atoms with Gasteiger partial charge in [-0.25, -0.2) is 5.01 Å². The van der Waals surface area contributed by atoms with Crippen molar-refractivity contribution >= 4 is 49.9 Å². The van der Waals surface area contributed by atoms with E-state index in [1.54, 1.807) is 0 Å². The lowest BCUT2D eigenvalue weighted by Crippen LogP contribution is -2.12. The number of hydrogen-bond acceptors (Lipinski definition) is 4. The molecule has 0 aliphatic carbocycles. The molecule has 2 aromatic heterocycles. The number of para-hydroxylation sites is 2. The highest BCUT2D eigenvalue weighted by molar-refractivity contribution is 6.11. The molecule has 6 nitrogen and oxygen atoms in total. The number of H-pyrrole nitrogens is 1. The Morgan fingerprint density at radius 2 is 1.65 bits per heavy atom. The normalized spacial score (nSPS) is 12.3. The summed E-state index contributed by atoms with van der Waals surface area (Å²) in [7, 11) is 0. The smallest absolute Gasteiger partial charge is 0.113 e. The van der Waals surface area contributed by atoms with E-state index in [1.165, 1.54) is 21.8 Å². The van der Waals surface area contributed by atoms with Crippen LogP contribution in [0.15, 0.2) is 96.1 Å². The largest absolute Gasteiger partial charge is 0.340 e. The molecule has 0 bridgehead atoms. The van der Waals surface area contributed by atoms with Gasteiger partial charge >= 0.3 is 0 Å². The Hall–Kier alpha value is -4.45. The Bertz CT molecular complexity index is 1730. The van der Waals surface area contributed by atoms with Gasteiger partial charge in [-0.2, -0.15) is 5.10 Å². The van der Waals surface area contributed by atoms with Crippen LogP contribution in [-0.4, -0.2) is 25.7 Å².